The fourth-order valence-corrected chi connectivity index (χ4v) is 4.86. The van der Waals surface area contributed by atoms with Gasteiger partial charge in [0.15, 0.2) is 5.15 Å². The molecule has 0 bridgehead atoms. The van der Waals surface area contributed by atoms with Crippen molar-refractivity contribution in [3.8, 4) is 22.5 Å². The van der Waals surface area contributed by atoms with Crippen molar-refractivity contribution in [2.24, 2.45) is 0 Å². The van der Waals surface area contributed by atoms with Crippen LogP contribution in [0.2, 0.25) is 5.15 Å². The van der Waals surface area contributed by atoms with Gasteiger partial charge in [0.25, 0.3) is 0 Å². The number of halogens is 1. The van der Waals surface area contributed by atoms with Crippen LogP contribution in [0.5, 0.6) is 0 Å². The summed E-state index contributed by atoms with van der Waals surface area (Å²) in [4.78, 5) is 38.6. The van der Waals surface area contributed by atoms with E-state index in [1.54, 1.807) is 6.07 Å². The van der Waals surface area contributed by atoms with Gasteiger partial charge in [-0.3, -0.25) is 30.5 Å². The second-order valence-corrected chi connectivity index (χ2v) is 10.8. The first kappa shape index (κ1) is 38.2. The molecular formula is C30H37ClN8O11. The third-order valence-corrected chi connectivity index (χ3v) is 7.27. The van der Waals surface area contributed by atoms with Gasteiger partial charge in [-0.2, -0.15) is 0 Å². The number of ether oxygens (including phenoxy) is 3. The summed E-state index contributed by atoms with van der Waals surface area (Å²) in [6, 6.07) is 15.1. The van der Waals surface area contributed by atoms with Crippen LogP contribution in [0.3, 0.4) is 0 Å². The first-order valence-electron chi connectivity index (χ1n) is 15.5. The second-order valence-electron chi connectivity index (χ2n) is 10.5. The van der Waals surface area contributed by atoms with Crippen molar-refractivity contribution in [2.75, 3.05) is 26.4 Å². The number of imidazole rings is 1. The SMILES string of the molecule is CCCCc1nc(Cl)c(COC(=O)OCCCON(O)O)n1Cc1ccc(-c2ccccc2-c2nnn(C(=O)OCCCON(O)O)n2)cc1. The molecule has 0 radical (unpaired) electrons. The fraction of sp³-hybridized carbons (Fsp3) is 0.400. The van der Waals surface area contributed by atoms with E-state index in [1.807, 2.05) is 47.0 Å². The maximum absolute atomic E-state index is 12.4. The highest BCUT2D eigenvalue weighted by atomic mass is 35.5. The summed E-state index contributed by atoms with van der Waals surface area (Å²) >= 11 is 6.50. The van der Waals surface area contributed by atoms with E-state index in [0.29, 0.717) is 24.2 Å². The molecule has 4 N–H and O–H groups in total. The zero-order chi connectivity index (χ0) is 35.9. The van der Waals surface area contributed by atoms with Crippen LogP contribution < -0.4 is 0 Å². The van der Waals surface area contributed by atoms with Gasteiger partial charge in [0, 0.05) is 31.4 Å². The molecule has 2 heterocycles. The molecular weight excluding hydrogens is 684 g/mol. The molecule has 270 valence electrons. The van der Waals surface area contributed by atoms with Gasteiger partial charge in [-0.25, -0.2) is 14.6 Å². The molecule has 0 atom stereocenters. The molecule has 20 heteroatoms. The van der Waals surface area contributed by atoms with Crippen molar-refractivity contribution in [1.29, 1.82) is 0 Å². The van der Waals surface area contributed by atoms with Crippen LogP contribution >= 0.6 is 11.6 Å². The summed E-state index contributed by atoms with van der Waals surface area (Å²) in [7, 11) is 0. The minimum absolute atomic E-state index is 0.0628. The van der Waals surface area contributed by atoms with Gasteiger partial charge >= 0.3 is 12.2 Å². The monoisotopic (exact) mass is 720 g/mol. The van der Waals surface area contributed by atoms with Crippen molar-refractivity contribution in [3.63, 3.8) is 0 Å². The van der Waals surface area contributed by atoms with Gasteiger partial charge in [0.1, 0.15) is 12.4 Å². The van der Waals surface area contributed by atoms with Crippen LogP contribution in [0.15, 0.2) is 48.5 Å². The van der Waals surface area contributed by atoms with Crippen molar-refractivity contribution >= 4 is 23.8 Å². The van der Waals surface area contributed by atoms with Crippen LogP contribution in [-0.4, -0.2) is 100 Å². The Morgan fingerprint density at radius 2 is 1.50 bits per heavy atom. The van der Waals surface area contributed by atoms with E-state index in [2.05, 4.69) is 37.0 Å². The normalized spacial score (nSPS) is 11.4. The molecule has 0 saturated carbocycles. The molecule has 0 fully saturated rings. The van der Waals surface area contributed by atoms with Crippen LogP contribution in [0.1, 0.15) is 49.7 Å². The fourth-order valence-electron chi connectivity index (χ4n) is 4.61. The Bertz CT molecular complexity index is 1670. The predicted octanol–water partition coefficient (Wildman–Crippen LogP) is 4.69. The summed E-state index contributed by atoms with van der Waals surface area (Å²) < 4.78 is 17.3. The van der Waals surface area contributed by atoms with E-state index in [-0.39, 0.29) is 56.9 Å². The largest absolute Gasteiger partial charge is 0.508 e. The number of aromatic nitrogens is 6. The van der Waals surface area contributed by atoms with Crippen LogP contribution in [0.25, 0.3) is 22.5 Å². The molecule has 0 saturated heterocycles. The highest BCUT2D eigenvalue weighted by molar-refractivity contribution is 6.30. The maximum Gasteiger partial charge on any atom is 0.508 e. The molecule has 50 heavy (non-hydrogen) atoms. The minimum atomic E-state index is -0.924. The molecule has 0 unspecified atom stereocenters. The number of benzene rings is 2. The Hall–Kier alpha value is -4.57. The van der Waals surface area contributed by atoms with Crippen LogP contribution in [0.4, 0.5) is 9.59 Å². The molecule has 0 aliphatic rings. The lowest BCUT2D eigenvalue weighted by Crippen LogP contribution is -2.19. The Morgan fingerprint density at radius 3 is 2.16 bits per heavy atom. The van der Waals surface area contributed by atoms with Gasteiger partial charge in [0.05, 0.1) is 42.9 Å². The maximum atomic E-state index is 12.4. The molecule has 0 aliphatic heterocycles. The smallest absolute Gasteiger partial charge is 0.447 e. The van der Waals surface area contributed by atoms with Crippen molar-refractivity contribution in [1.82, 2.24) is 40.5 Å². The average molecular weight is 721 g/mol. The quantitative estimate of drug-likeness (QED) is 0.0585. The van der Waals surface area contributed by atoms with E-state index in [1.165, 1.54) is 0 Å². The number of rotatable bonds is 19. The number of aryl methyl sites for hydroxylation is 1. The molecule has 0 aliphatic carbocycles. The molecule has 19 nitrogen and oxygen atoms in total. The minimum Gasteiger partial charge on any atom is -0.447 e. The number of hydrogen-bond donors (Lipinski definition) is 4. The zero-order valence-corrected chi connectivity index (χ0v) is 27.8. The van der Waals surface area contributed by atoms with E-state index >= 15 is 0 Å². The first-order valence-corrected chi connectivity index (χ1v) is 15.8. The average Bonchev–Trinajstić information content (AvgIpc) is 3.70. The van der Waals surface area contributed by atoms with E-state index in [9.17, 15) is 9.59 Å². The molecule has 2 aromatic carbocycles. The van der Waals surface area contributed by atoms with Crippen molar-refractivity contribution in [3.05, 3.63) is 70.8 Å². The zero-order valence-electron chi connectivity index (χ0n) is 27.0. The lowest BCUT2D eigenvalue weighted by Gasteiger charge is -2.14. The third kappa shape index (κ3) is 11.5. The molecule has 2 aromatic heterocycles. The number of hydrogen-bond acceptors (Lipinski definition) is 17. The van der Waals surface area contributed by atoms with Crippen LogP contribution in [0, 0.1) is 0 Å². The Morgan fingerprint density at radius 1 is 0.840 bits per heavy atom. The van der Waals surface area contributed by atoms with Gasteiger partial charge in [-0.15, -0.1) is 10.2 Å². The third-order valence-electron chi connectivity index (χ3n) is 6.97. The molecule has 0 amide bonds. The van der Waals surface area contributed by atoms with Gasteiger partial charge in [0.2, 0.25) is 5.82 Å². The summed E-state index contributed by atoms with van der Waals surface area (Å²) in [5.41, 5.74) is 3.70. The number of tetrazole rings is 1. The Balaban J connectivity index is 1.43. The number of carbonyl (C=O) groups excluding carboxylic acids is 2. The topological polar surface area (TPSA) is 229 Å². The summed E-state index contributed by atoms with van der Waals surface area (Å²) in [6.45, 7) is 1.97. The number of carbonyl (C=O) groups is 2. The summed E-state index contributed by atoms with van der Waals surface area (Å²) in [5.74, 6) is 0.948. The summed E-state index contributed by atoms with van der Waals surface area (Å²) in [6.07, 6.45) is 1.10. The van der Waals surface area contributed by atoms with E-state index in [0.717, 1.165) is 40.2 Å². The molecule has 4 rings (SSSR count). The van der Waals surface area contributed by atoms with E-state index < -0.39 is 23.0 Å². The van der Waals surface area contributed by atoms with Gasteiger partial charge in [-0.1, -0.05) is 78.3 Å². The van der Waals surface area contributed by atoms with Crippen molar-refractivity contribution < 1.29 is 54.3 Å². The Kier molecular flexibility index (Phi) is 15.0. The van der Waals surface area contributed by atoms with E-state index in [4.69, 9.17) is 46.6 Å². The second kappa shape index (κ2) is 19.6. The van der Waals surface area contributed by atoms with Crippen molar-refractivity contribution in [2.45, 2.75) is 52.2 Å². The molecule has 0 spiro atoms. The van der Waals surface area contributed by atoms with Gasteiger partial charge in [-0.05, 0) is 28.3 Å². The number of unbranched alkanes of at least 4 members (excludes halogenated alkanes) is 1. The predicted molar refractivity (Wildman–Crippen MR) is 168 cm³/mol. The molecule has 4 aromatic rings. The number of nitrogens with zero attached hydrogens (tertiary/aromatic N) is 8. The lowest BCUT2D eigenvalue weighted by atomic mass is 9.98. The van der Waals surface area contributed by atoms with Gasteiger partial charge < -0.3 is 18.8 Å². The Labute approximate surface area is 290 Å². The summed E-state index contributed by atoms with van der Waals surface area (Å²) in [5, 5.41) is 45.6. The van der Waals surface area contributed by atoms with Crippen LogP contribution in [-0.2, 0) is 43.5 Å². The lowest BCUT2D eigenvalue weighted by molar-refractivity contribution is -0.493. The first-order chi connectivity index (χ1) is 24.2. The highest BCUT2D eigenvalue weighted by Crippen LogP contribution is 2.30. The highest BCUT2D eigenvalue weighted by Gasteiger charge is 2.20. The standard InChI is InChI=1S/C30H37ClN8O11/c1-2-3-10-26-32-27(31)25(20-48-30(41)47-16-7-18-50-39(44)45)36(26)19-21-11-13-22(14-12-21)23-8-4-5-9-24(23)28-33-35-37(34-28)29(40)46-15-6-17-49-38(42)43/h4-5,8-9,11-14,42-45H,2-3,6-7,10,15-20H2,1H3.